The second-order valence-corrected chi connectivity index (χ2v) is 14.9. The summed E-state index contributed by atoms with van der Waals surface area (Å²) < 4.78 is 0. The van der Waals surface area contributed by atoms with Crippen molar-refractivity contribution >= 4 is 0 Å². The van der Waals surface area contributed by atoms with Crippen LogP contribution in [0.2, 0.25) is 0 Å². The highest BCUT2D eigenvalue weighted by Gasteiger charge is 2.71. The maximum absolute atomic E-state index is 11.8. The van der Waals surface area contributed by atoms with Crippen molar-refractivity contribution in [2.45, 2.75) is 118 Å². The molecule has 0 aromatic heterocycles. The first-order valence-electron chi connectivity index (χ1n) is 13.7. The van der Waals surface area contributed by atoms with E-state index in [0.29, 0.717) is 17.3 Å². The van der Waals surface area contributed by atoms with Crippen LogP contribution in [-0.2, 0) is 0 Å². The molecule has 182 valence electrons. The molecule has 11 atom stereocenters. The highest BCUT2D eigenvalue weighted by Crippen LogP contribution is 2.77. The van der Waals surface area contributed by atoms with E-state index < -0.39 is 0 Å². The van der Waals surface area contributed by atoms with E-state index in [1.165, 1.54) is 44.1 Å². The zero-order valence-electron chi connectivity index (χ0n) is 22.0. The quantitative estimate of drug-likeness (QED) is 0.429. The molecule has 0 heterocycles. The molecular formula is C30H50O2. The molecule has 2 N–H and O–H groups in total. The first-order valence-corrected chi connectivity index (χ1v) is 13.7. The lowest BCUT2D eigenvalue weighted by molar-refractivity contribution is -0.274. The highest BCUT2D eigenvalue weighted by molar-refractivity contribution is 5.22. The Kier molecular flexibility index (Phi) is 5.02. The van der Waals surface area contributed by atoms with Gasteiger partial charge in [0.05, 0.1) is 12.2 Å². The SMILES string of the molecule is C=C(C)[C@@H]1CC[C@]2(C)CC[C@]3(C)C(CCC4[C@@]5(C)CC[C@H](O)C(C)(C)[C@@H]5[C@@H](O)C[C@]43C)C12. The first-order chi connectivity index (χ1) is 14.7. The van der Waals surface area contributed by atoms with Crippen molar-refractivity contribution in [2.24, 2.45) is 56.7 Å². The summed E-state index contributed by atoms with van der Waals surface area (Å²) in [5.74, 6) is 3.04. The molecule has 5 rings (SSSR count). The number of hydrogen-bond donors (Lipinski definition) is 2. The summed E-state index contributed by atoms with van der Waals surface area (Å²) in [6, 6.07) is 0. The van der Waals surface area contributed by atoms with Crippen LogP contribution in [0.1, 0.15) is 106 Å². The van der Waals surface area contributed by atoms with Crippen LogP contribution in [0.3, 0.4) is 0 Å². The van der Waals surface area contributed by atoms with Crippen molar-refractivity contribution in [1.29, 1.82) is 0 Å². The number of hydrogen-bond acceptors (Lipinski definition) is 2. The van der Waals surface area contributed by atoms with E-state index in [1.807, 2.05) is 0 Å². The van der Waals surface area contributed by atoms with Gasteiger partial charge in [0.1, 0.15) is 0 Å². The fourth-order valence-electron chi connectivity index (χ4n) is 11.7. The third-order valence-electron chi connectivity index (χ3n) is 13.3. The predicted octanol–water partition coefficient (Wildman–Crippen LogP) is 7.00. The van der Waals surface area contributed by atoms with Gasteiger partial charge in [-0.1, -0.05) is 53.7 Å². The zero-order valence-corrected chi connectivity index (χ0v) is 22.0. The van der Waals surface area contributed by atoms with E-state index in [2.05, 4.69) is 55.0 Å². The molecule has 0 aliphatic heterocycles. The molecule has 2 heteroatoms. The van der Waals surface area contributed by atoms with Crippen molar-refractivity contribution < 1.29 is 10.2 Å². The Hall–Kier alpha value is -0.340. The van der Waals surface area contributed by atoms with Crippen molar-refractivity contribution in [2.75, 3.05) is 0 Å². The molecule has 0 spiro atoms. The van der Waals surface area contributed by atoms with E-state index in [0.717, 1.165) is 31.1 Å². The first kappa shape index (κ1) is 23.4. The minimum Gasteiger partial charge on any atom is -0.393 e. The molecule has 32 heavy (non-hydrogen) atoms. The largest absolute Gasteiger partial charge is 0.393 e. The van der Waals surface area contributed by atoms with Gasteiger partial charge in [0.2, 0.25) is 0 Å². The maximum atomic E-state index is 11.8. The van der Waals surface area contributed by atoms with Crippen LogP contribution in [0.25, 0.3) is 0 Å². The van der Waals surface area contributed by atoms with Crippen LogP contribution in [0.15, 0.2) is 12.2 Å². The Balaban J connectivity index is 1.58. The van der Waals surface area contributed by atoms with Gasteiger partial charge < -0.3 is 10.2 Å². The van der Waals surface area contributed by atoms with Gasteiger partial charge in [-0.25, -0.2) is 0 Å². The van der Waals surface area contributed by atoms with Gasteiger partial charge in [0.25, 0.3) is 0 Å². The second-order valence-electron chi connectivity index (χ2n) is 14.9. The molecule has 0 radical (unpaired) electrons. The van der Waals surface area contributed by atoms with Crippen LogP contribution in [-0.4, -0.2) is 22.4 Å². The molecule has 5 aliphatic carbocycles. The summed E-state index contributed by atoms with van der Waals surface area (Å²) in [6.45, 7) is 21.5. The molecule has 0 saturated heterocycles. The van der Waals surface area contributed by atoms with Gasteiger partial charge in [0, 0.05) is 0 Å². The van der Waals surface area contributed by atoms with Crippen LogP contribution in [0.5, 0.6) is 0 Å². The number of fused-ring (bicyclic) bond motifs is 7. The predicted molar refractivity (Wildman–Crippen MR) is 132 cm³/mol. The van der Waals surface area contributed by atoms with Gasteiger partial charge in [-0.2, -0.15) is 0 Å². The number of aliphatic hydroxyl groups excluding tert-OH is 2. The lowest BCUT2D eigenvalue weighted by atomic mass is 9.32. The smallest absolute Gasteiger partial charge is 0.0595 e. The minimum absolute atomic E-state index is 0.118. The van der Waals surface area contributed by atoms with Crippen molar-refractivity contribution in [1.82, 2.24) is 0 Å². The van der Waals surface area contributed by atoms with Crippen LogP contribution >= 0.6 is 0 Å². The van der Waals surface area contributed by atoms with Gasteiger partial charge in [-0.15, -0.1) is 0 Å². The Bertz CT molecular complexity index is 801. The van der Waals surface area contributed by atoms with Gasteiger partial charge in [-0.05, 0) is 121 Å². The van der Waals surface area contributed by atoms with Crippen LogP contribution < -0.4 is 0 Å². The van der Waals surface area contributed by atoms with Crippen LogP contribution in [0, 0.1) is 56.7 Å². The Morgan fingerprint density at radius 3 is 2.16 bits per heavy atom. The van der Waals surface area contributed by atoms with Gasteiger partial charge >= 0.3 is 0 Å². The summed E-state index contributed by atoms with van der Waals surface area (Å²) in [5, 5.41) is 22.7. The summed E-state index contributed by atoms with van der Waals surface area (Å²) in [7, 11) is 0. The van der Waals surface area contributed by atoms with Crippen molar-refractivity contribution in [3.05, 3.63) is 12.2 Å². The van der Waals surface area contributed by atoms with E-state index in [4.69, 9.17) is 0 Å². The molecule has 0 aromatic rings. The molecule has 0 amide bonds. The molecule has 2 nitrogen and oxygen atoms in total. The Labute approximate surface area is 197 Å². The normalized spacial score (nSPS) is 58.8. The van der Waals surface area contributed by atoms with Gasteiger partial charge in [-0.3, -0.25) is 0 Å². The zero-order chi connectivity index (χ0) is 23.5. The fraction of sp³-hybridized carbons (Fsp3) is 0.933. The topological polar surface area (TPSA) is 40.5 Å². The number of aliphatic hydroxyl groups is 2. The molecule has 3 unspecified atom stereocenters. The lowest BCUT2D eigenvalue weighted by Gasteiger charge is -2.73. The second kappa shape index (κ2) is 6.87. The molecule has 5 aliphatic rings. The summed E-state index contributed by atoms with van der Waals surface area (Å²) in [6.07, 6.45) is 10.3. The van der Waals surface area contributed by atoms with E-state index in [1.54, 1.807) is 0 Å². The molecule has 0 bridgehead atoms. The summed E-state index contributed by atoms with van der Waals surface area (Å²) in [5.41, 5.74) is 2.25. The Morgan fingerprint density at radius 2 is 1.50 bits per heavy atom. The van der Waals surface area contributed by atoms with Gasteiger partial charge in [0.15, 0.2) is 0 Å². The average Bonchev–Trinajstić information content (AvgIpc) is 3.03. The van der Waals surface area contributed by atoms with E-state index in [9.17, 15) is 10.2 Å². The molecule has 0 aromatic carbocycles. The molecule has 5 saturated carbocycles. The molecule has 5 fully saturated rings. The monoisotopic (exact) mass is 442 g/mol. The summed E-state index contributed by atoms with van der Waals surface area (Å²) >= 11 is 0. The minimum atomic E-state index is -0.310. The summed E-state index contributed by atoms with van der Waals surface area (Å²) in [4.78, 5) is 0. The third-order valence-corrected chi connectivity index (χ3v) is 13.3. The van der Waals surface area contributed by atoms with E-state index >= 15 is 0 Å². The highest BCUT2D eigenvalue weighted by atomic mass is 16.3. The van der Waals surface area contributed by atoms with Crippen molar-refractivity contribution in [3.63, 3.8) is 0 Å². The third kappa shape index (κ3) is 2.66. The fourth-order valence-corrected chi connectivity index (χ4v) is 11.7. The Morgan fingerprint density at radius 1 is 0.812 bits per heavy atom. The average molecular weight is 443 g/mol. The number of allylic oxidation sites excluding steroid dienone is 1. The van der Waals surface area contributed by atoms with E-state index in [-0.39, 0.29) is 39.8 Å². The van der Waals surface area contributed by atoms with Crippen molar-refractivity contribution in [3.8, 4) is 0 Å². The standard InChI is InChI=1S/C30H50O2/c1-18(2)19-11-13-27(5)15-16-29(7)20(24(19)27)9-10-22-28(6)14-12-23(32)26(3,4)25(28)21(31)17-30(22,29)8/h19-25,31-32H,1,9-17H2,2-8H3/t19-,20?,21-,22?,23-,24?,25-,27+,28+,29+,30+/m0/s1. The molecular weight excluding hydrogens is 392 g/mol. The maximum Gasteiger partial charge on any atom is 0.0595 e. The number of rotatable bonds is 1. The lowest BCUT2D eigenvalue weighted by Crippen LogP contribution is -2.69. The van der Waals surface area contributed by atoms with Crippen LogP contribution in [0.4, 0.5) is 0 Å².